The third kappa shape index (κ3) is 5.63. The Bertz CT molecular complexity index is 749. The maximum Gasteiger partial charge on any atom is 0.327 e. The second kappa shape index (κ2) is 8.93. The number of urea groups is 1. The van der Waals surface area contributed by atoms with Crippen LogP contribution >= 0.6 is 0 Å². The van der Waals surface area contributed by atoms with Gasteiger partial charge >= 0.3 is 12.0 Å². The summed E-state index contributed by atoms with van der Waals surface area (Å²) in [5.41, 5.74) is 0.880. The molecule has 27 heavy (non-hydrogen) atoms. The summed E-state index contributed by atoms with van der Waals surface area (Å²) in [5.74, 6) is -2.27. The van der Waals surface area contributed by atoms with Crippen LogP contribution in [0.15, 0.2) is 30.3 Å². The molecule has 0 bridgehead atoms. The van der Waals surface area contributed by atoms with Crippen molar-refractivity contribution >= 4 is 29.6 Å². The van der Waals surface area contributed by atoms with Gasteiger partial charge in [0.25, 0.3) is 11.8 Å². The number of benzene rings is 1. The highest BCUT2D eigenvalue weighted by Crippen LogP contribution is 2.07. The van der Waals surface area contributed by atoms with Gasteiger partial charge in [-0.1, -0.05) is 30.3 Å². The van der Waals surface area contributed by atoms with Crippen LogP contribution in [0.4, 0.5) is 4.79 Å². The molecule has 0 radical (unpaired) electrons. The molecule has 4 amide bonds. The number of rotatable bonds is 8. The lowest BCUT2D eigenvalue weighted by atomic mass is 10.0. The molecule has 9 nitrogen and oxygen atoms in total. The monoisotopic (exact) mass is 375 g/mol. The summed E-state index contributed by atoms with van der Waals surface area (Å²) in [7, 11) is 1.44. The number of ether oxygens (including phenoxy) is 1. The Kier molecular flexibility index (Phi) is 6.64. The maximum absolute atomic E-state index is 12.0. The minimum absolute atomic E-state index is 0.105. The molecule has 144 valence electrons. The molecule has 1 heterocycles. The van der Waals surface area contributed by atoms with Crippen LogP contribution in [0.25, 0.3) is 0 Å². The van der Waals surface area contributed by atoms with Gasteiger partial charge in [-0.25, -0.2) is 4.79 Å². The molecule has 1 saturated heterocycles. The number of amides is 4. The number of Topliss-reactive ketones (excluding diaryl/α,β-unsaturated/α-hetero) is 1. The second-order valence-corrected chi connectivity index (χ2v) is 6.20. The highest BCUT2D eigenvalue weighted by molar-refractivity contribution is 6.04. The van der Waals surface area contributed by atoms with Crippen LogP contribution in [0.5, 0.6) is 0 Å². The Morgan fingerprint density at radius 1 is 1.19 bits per heavy atom. The van der Waals surface area contributed by atoms with Gasteiger partial charge < -0.3 is 15.0 Å². The largest absolute Gasteiger partial charge is 0.454 e. The van der Waals surface area contributed by atoms with E-state index in [4.69, 9.17) is 4.74 Å². The fourth-order valence-electron chi connectivity index (χ4n) is 2.53. The first-order valence-corrected chi connectivity index (χ1v) is 8.32. The molecular weight excluding hydrogens is 354 g/mol. The van der Waals surface area contributed by atoms with Crippen molar-refractivity contribution < 1.29 is 28.7 Å². The molecule has 1 aliphatic rings. The Hall–Kier alpha value is -3.23. The average Bonchev–Trinajstić information content (AvgIpc) is 2.86. The van der Waals surface area contributed by atoms with E-state index in [9.17, 15) is 24.0 Å². The summed E-state index contributed by atoms with van der Waals surface area (Å²) < 4.78 is 4.80. The topological polar surface area (TPSA) is 113 Å². The number of carbonyl (C=O) groups is 5. The number of ketones is 1. The van der Waals surface area contributed by atoms with Crippen molar-refractivity contribution in [3.63, 3.8) is 0 Å². The van der Waals surface area contributed by atoms with Crippen molar-refractivity contribution in [1.82, 2.24) is 15.1 Å². The third-order valence-electron chi connectivity index (χ3n) is 3.99. The second-order valence-electron chi connectivity index (χ2n) is 6.20. The summed E-state index contributed by atoms with van der Waals surface area (Å²) in [6.45, 7) is 0.0896. The molecule has 0 aliphatic carbocycles. The first kappa shape index (κ1) is 20.1. The first-order valence-electron chi connectivity index (χ1n) is 8.32. The van der Waals surface area contributed by atoms with E-state index in [-0.39, 0.29) is 12.3 Å². The SMILES string of the molecule is CC(=O)[C@@H](Cc1ccccc1)NC(=O)COC(=O)CN1C(=O)CN(C)C1=O. The van der Waals surface area contributed by atoms with E-state index in [0.29, 0.717) is 6.42 Å². The average molecular weight is 375 g/mol. The first-order chi connectivity index (χ1) is 12.8. The van der Waals surface area contributed by atoms with E-state index in [0.717, 1.165) is 10.5 Å². The number of nitrogens with zero attached hydrogens (tertiary/aromatic N) is 2. The molecule has 2 rings (SSSR count). The molecule has 0 saturated carbocycles. The Morgan fingerprint density at radius 3 is 2.41 bits per heavy atom. The third-order valence-corrected chi connectivity index (χ3v) is 3.99. The number of hydrogen-bond acceptors (Lipinski definition) is 6. The van der Waals surface area contributed by atoms with Crippen LogP contribution in [0.1, 0.15) is 12.5 Å². The minimum atomic E-state index is -0.885. The van der Waals surface area contributed by atoms with Gasteiger partial charge in [0.2, 0.25) is 0 Å². The minimum Gasteiger partial charge on any atom is -0.454 e. The smallest absolute Gasteiger partial charge is 0.327 e. The van der Waals surface area contributed by atoms with E-state index < -0.39 is 43.0 Å². The summed E-state index contributed by atoms with van der Waals surface area (Å²) in [6, 6.07) is 7.84. The molecule has 1 aromatic rings. The highest BCUT2D eigenvalue weighted by Gasteiger charge is 2.35. The summed E-state index contributed by atoms with van der Waals surface area (Å²) in [5, 5.41) is 2.52. The van der Waals surface area contributed by atoms with Gasteiger partial charge in [-0.2, -0.15) is 0 Å². The van der Waals surface area contributed by atoms with E-state index in [1.807, 2.05) is 30.3 Å². The van der Waals surface area contributed by atoms with E-state index >= 15 is 0 Å². The van der Waals surface area contributed by atoms with Crippen molar-refractivity contribution in [1.29, 1.82) is 0 Å². The van der Waals surface area contributed by atoms with Gasteiger partial charge in [-0.3, -0.25) is 24.1 Å². The van der Waals surface area contributed by atoms with Crippen LogP contribution < -0.4 is 5.32 Å². The van der Waals surface area contributed by atoms with Crippen LogP contribution in [0, 0.1) is 0 Å². The van der Waals surface area contributed by atoms with E-state index in [2.05, 4.69) is 5.32 Å². The molecule has 0 spiro atoms. The number of hydrogen-bond donors (Lipinski definition) is 1. The predicted molar refractivity (Wildman–Crippen MR) is 93.5 cm³/mol. The van der Waals surface area contributed by atoms with Gasteiger partial charge in [0.1, 0.15) is 13.1 Å². The zero-order chi connectivity index (χ0) is 20.0. The van der Waals surface area contributed by atoms with Crippen LogP contribution in [-0.4, -0.2) is 72.2 Å². The van der Waals surface area contributed by atoms with Crippen LogP contribution in [0.2, 0.25) is 0 Å². The summed E-state index contributed by atoms with van der Waals surface area (Å²) >= 11 is 0. The molecule has 1 atom stereocenters. The molecule has 9 heteroatoms. The Labute approximate surface area is 156 Å². The zero-order valence-electron chi connectivity index (χ0n) is 15.1. The molecule has 1 fully saturated rings. The fraction of sp³-hybridized carbons (Fsp3) is 0.389. The van der Waals surface area contributed by atoms with Gasteiger partial charge in [-0.05, 0) is 18.9 Å². The van der Waals surface area contributed by atoms with Crippen molar-refractivity contribution in [2.75, 3.05) is 26.7 Å². The fourth-order valence-corrected chi connectivity index (χ4v) is 2.53. The predicted octanol–water partition coefficient (Wildman–Crippen LogP) is -0.260. The molecular formula is C18H21N3O6. The van der Waals surface area contributed by atoms with Crippen molar-refractivity contribution in [2.24, 2.45) is 0 Å². The Morgan fingerprint density at radius 2 is 1.85 bits per heavy atom. The normalized spacial score (nSPS) is 14.9. The van der Waals surface area contributed by atoms with Crippen LogP contribution in [0.3, 0.4) is 0 Å². The highest BCUT2D eigenvalue weighted by atomic mass is 16.5. The molecule has 1 N–H and O–H groups in total. The molecule has 1 aliphatic heterocycles. The number of carbonyl (C=O) groups excluding carboxylic acids is 5. The van der Waals surface area contributed by atoms with E-state index in [1.165, 1.54) is 18.9 Å². The summed E-state index contributed by atoms with van der Waals surface area (Å²) in [4.78, 5) is 60.7. The van der Waals surface area contributed by atoms with Gasteiger partial charge in [-0.15, -0.1) is 0 Å². The summed E-state index contributed by atoms with van der Waals surface area (Å²) in [6.07, 6.45) is 0.318. The molecule has 0 aromatic heterocycles. The van der Waals surface area contributed by atoms with Crippen molar-refractivity contribution in [3.8, 4) is 0 Å². The van der Waals surface area contributed by atoms with Crippen molar-refractivity contribution in [3.05, 3.63) is 35.9 Å². The number of esters is 1. The molecule has 1 aromatic carbocycles. The zero-order valence-corrected chi connectivity index (χ0v) is 15.1. The van der Waals surface area contributed by atoms with E-state index in [1.54, 1.807) is 0 Å². The van der Waals surface area contributed by atoms with Gasteiger partial charge in [0.15, 0.2) is 12.4 Å². The van der Waals surface area contributed by atoms with Crippen molar-refractivity contribution in [2.45, 2.75) is 19.4 Å². The van der Waals surface area contributed by atoms with Gasteiger partial charge in [0, 0.05) is 7.05 Å². The number of nitrogens with one attached hydrogen (secondary N) is 1. The number of imide groups is 1. The quantitative estimate of drug-likeness (QED) is 0.495. The Balaban J connectivity index is 1.81. The standard InChI is InChI=1S/C18H21N3O6/c1-12(22)14(8-13-6-4-3-5-7-13)19-15(23)11-27-17(25)10-21-16(24)9-20(2)18(21)26/h3-7,14H,8-11H2,1-2H3,(H,19,23)/t14-/m1/s1. The van der Waals surface area contributed by atoms with Crippen LogP contribution in [-0.2, 0) is 30.3 Å². The maximum atomic E-state index is 12.0. The lowest BCUT2D eigenvalue weighted by molar-refractivity contribution is -0.150. The number of likely N-dealkylation sites (N-methyl/N-ethyl adjacent to an activating group) is 1. The lowest BCUT2D eigenvalue weighted by Crippen LogP contribution is -2.44. The molecule has 0 unspecified atom stereocenters. The lowest BCUT2D eigenvalue weighted by Gasteiger charge is -2.17. The van der Waals surface area contributed by atoms with Gasteiger partial charge in [0.05, 0.1) is 6.04 Å².